The van der Waals surface area contributed by atoms with Gasteiger partial charge in [0.1, 0.15) is 22.9 Å². The van der Waals surface area contributed by atoms with Crippen molar-refractivity contribution in [3.63, 3.8) is 0 Å². The summed E-state index contributed by atoms with van der Waals surface area (Å²) in [5.41, 5.74) is 11.9. The topological polar surface area (TPSA) is 228 Å². The van der Waals surface area contributed by atoms with Crippen molar-refractivity contribution in [1.82, 2.24) is 35.1 Å². The molecule has 1 aromatic rings. The van der Waals surface area contributed by atoms with E-state index < -0.39 is 34.5 Å². The van der Waals surface area contributed by atoms with Gasteiger partial charge in [0, 0.05) is 24.6 Å². The van der Waals surface area contributed by atoms with E-state index in [0.717, 1.165) is 37.6 Å². The summed E-state index contributed by atoms with van der Waals surface area (Å²) in [6.45, 7) is 0.999. The summed E-state index contributed by atoms with van der Waals surface area (Å²) in [7, 11) is 0. The third-order valence-corrected chi connectivity index (χ3v) is 10.6. The lowest BCUT2D eigenvalue weighted by atomic mass is 9.89. The van der Waals surface area contributed by atoms with Crippen molar-refractivity contribution in [3.8, 4) is 0 Å². The van der Waals surface area contributed by atoms with Crippen molar-refractivity contribution in [3.05, 3.63) is 0 Å². The molecule has 19 heteroatoms. The minimum absolute atomic E-state index is 0.00236. The lowest BCUT2D eigenvalue weighted by molar-refractivity contribution is -0.157. The van der Waals surface area contributed by atoms with Crippen LogP contribution in [0.4, 0.5) is 0 Å². The van der Waals surface area contributed by atoms with Crippen molar-refractivity contribution in [2.45, 2.75) is 67.1 Å². The van der Waals surface area contributed by atoms with Crippen LogP contribution in [0.5, 0.6) is 0 Å². The van der Waals surface area contributed by atoms with E-state index in [2.05, 4.69) is 35.7 Å². The second kappa shape index (κ2) is 12.2. The van der Waals surface area contributed by atoms with Crippen LogP contribution in [0.15, 0.2) is 15.3 Å². The molecule has 3 aliphatic heterocycles. The summed E-state index contributed by atoms with van der Waals surface area (Å²) < 4.78 is 4.43. The molecule has 40 heavy (non-hydrogen) atoms. The van der Waals surface area contributed by atoms with Gasteiger partial charge >= 0.3 is 5.97 Å². The number of hydrogen-bond donors (Lipinski definition) is 5. The molecular weight excluding hydrogens is 583 g/mol. The second-order valence-electron chi connectivity index (χ2n) is 9.99. The maximum Gasteiger partial charge on any atom is 0.313 e. The van der Waals surface area contributed by atoms with Crippen molar-refractivity contribution in [2.75, 3.05) is 24.6 Å². The average Bonchev–Trinajstić information content (AvgIpc) is 3.72. The predicted molar refractivity (Wildman–Crippen MR) is 149 cm³/mol. The molecule has 3 unspecified atom stereocenters. The first-order chi connectivity index (χ1) is 19.3. The molecule has 0 radical (unpaired) electrons. The van der Waals surface area contributed by atoms with Crippen LogP contribution in [-0.4, -0.2) is 107 Å². The zero-order valence-electron chi connectivity index (χ0n) is 21.5. The number of fused-ring (bicyclic) bond motifs is 1. The van der Waals surface area contributed by atoms with E-state index in [1.807, 2.05) is 0 Å². The summed E-state index contributed by atoms with van der Waals surface area (Å²) in [5.74, 6) is -3.28. The SMILES string of the molecule is NCCCn1nnnc1SCC1(C(=O)O)CS[C@@H]2C(NC(=O)C(=NOC3CCCC3)C3(N)N=CSN3)C(=O)N2C1. The normalized spacial score (nSPS) is 30.3. The zero-order valence-corrected chi connectivity index (χ0v) is 23.9. The first kappa shape index (κ1) is 29.1. The summed E-state index contributed by atoms with van der Waals surface area (Å²) in [5, 5.41) is 28.6. The number of aromatic nitrogens is 4. The van der Waals surface area contributed by atoms with Crippen LogP contribution in [-0.2, 0) is 25.8 Å². The number of carboxylic acid groups (broad SMARTS) is 1. The molecule has 0 aromatic carbocycles. The highest BCUT2D eigenvalue weighted by atomic mass is 32.2. The van der Waals surface area contributed by atoms with E-state index in [1.54, 1.807) is 4.68 Å². The van der Waals surface area contributed by atoms with Gasteiger partial charge in [-0.15, -0.1) is 16.9 Å². The molecule has 1 aromatic heterocycles. The van der Waals surface area contributed by atoms with Crippen molar-refractivity contribution >= 4 is 64.5 Å². The number of aryl methyl sites for hydroxylation is 1. The van der Waals surface area contributed by atoms with Crippen LogP contribution in [0.25, 0.3) is 0 Å². The van der Waals surface area contributed by atoms with Crippen LogP contribution in [0.2, 0.25) is 0 Å². The highest BCUT2D eigenvalue weighted by Gasteiger charge is 2.58. The lowest BCUT2D eigenvalue weighted by Crippen LogP contribution is -2.75. The summed E-state index contributed by atoms with van der Waals surface area (Å²) >= 11 is 3.65. The van der Waals surface area contributed by atoms with E-state index in [4.69, 9.17) is 16.3 Å². The number of thioether (sulfide) groups is 2. The Morgan fingerprint density at radius 3 is 2.88 bits per heavy atom. The monoisotopic (exact) mass is 613 g/mol. The highest BCUT2D eigenvalue weighted by molar-refractivity contribution is 8.10. The number of carbonyl (C=O) groups is 3. The molecule has 4 heterocycles. The average molecular weight is 614 g/mol. The summed E-state index contributed by atoms with van der Waals surface area (Å²) in [6.07, 6.45) is 4.29. The van der Waals surface area contributed by atoms with Crippen molar-refractivity contribution in [2.24, 2.45) is 27.0 Å². The van der Waals surface area contributed by atoms with Gasteiger partial charge in [-0.2, -0.15) is 0 Å². The van der Waals surface area contributed by atoms with Gasteiger partial charge in [0.05, 0.1) is 5.55 Å². The van der Waals surface area contributed by atoms with Gasteiger partial charge in [-0.3, -0.25) is 20.1 Å². The number of nitrogens with one attached hydrogen (secondary N) is 2. The fraction of sp³-hybridized carbons (Fsp3) is 0.714. The molecule has 218 valence electrons. The Bertz CT molecular complexity index is 1190. The number of hydrogen-bond acceptors (Lipinski definition) is 15. The second-order valence-corrected chi connectivity index (χ2v) is 12.7. The van der Waals surface area contributed by atoms with Crippen LogP contribution < -0.4 is 21.5 Å². The van der Waals surface area contributed by atoms with E-state index in [9.17, 15) is 19.5 Å². The van der Waals surface area contributed by atoms with E-state index in [-0.39, 0.29) is 35.8 Å². The van der Waals surface area contributed by atoms with Crippen molar-refractivity contribution < 1.29 is 24.3 Å². The summed E-state index contributed by atoms with van der Waals surface area (Å²) in [4.78, 5) is 50.1. The van der Waals surface area contributed by atoms with Crippen LogP contribution in [0, 0.1) is 5.41 Å². The maximum absolute atomic E-state index is 13.3. The number of nitrogens with two attached hydrogens (primary N) is 2. The van der Waals surface area contributed by atoms with Crippen LogP contribution in [0.3, 0.4) is 0 Å². The third kappa shape index (κ3) is 5.80. The van der Waals surface area contributed by atoms with Crippen LogP contribution in [0.1, 0.15) is 32.1 Å². The standard InChI is InChI=1S/C21H31N11O5S3/c22-6-3-7-32-19(26-29-30-32)39-10-20(18(35)36)8-31-16(34)13(17(31)38-9-20)25-15(33)14(21(23)24-11-40-28-21)27-37-12-4-1-2-5-12/h11-13,17,28H,1-10,22-23H2,(H,25,33)(H,35,36)/t13?,17-,20?,21?/m1/s1. The predicted octanol–water partition coefficient (Wildman–Crippen LogP) is -1.21. The van der Waals surface area contributed by atoms with E-state index >= 15 is 0 Å². The molecule has 16 nitrogen and oxygen atoms in total. The van der Waals surface area contributed by atoms with Gasteiger partial charge in [0.15, 0.2) is 0 Å². The molecule has 0 spiro atoms. The number of carboxylic acids is 1. The fourth-order valence-electron chi connectivity index (χ4n) is 4.77. The minimum atomic E-state index is -1.60. The number of aliphatic imine (C=N–C) groups is 1. The highest BCUT2D eigenvalue weighted by Crippen LogP contribution is 2.44. The maximum atomic E-state index is 13.3. The fourth-order valence-corrected chi connectivity index (χ4v) is 8.13. The number of rotatable bonds is 12. The van der Waals surface area contributed by atoms with E-state index in [1.165, 1.54) is 34.0 Å². The largest absolute Gasteiger partial charge is 0.481 e. The smallest absolute Gasteiger partial charge is 0.313 e. The Kier molecular flexibility index (Phi) is 8.86. The number of tetrazole rings is 1. The number of β-lactam (4-membered cyclic amide) rings is 1. The minimum Gasteiger partial charge on any atom is -0.481 e. The molecule has 7 N–H and O–H groups in total. The Morgan fingerprint density at radius 1 is 1.38 bits per heavy atom. The molecule has 4 aliphatic rings. The van der Waals surface area contributed by atoms with Crippen molar-refractivity contribution in [1.29, 1.82) is 0 Å². The van der Waals surface area contributed by atoms with E-state index in [0.29, 0.717) is 24.7 Å². The first-order valence-corrected chi connectivity index (χ1v) is 15.7. The number of carbonyl (C=O) groups excluding carboxylic acids is 2. The molecule has 1 saturated carbocycles. The number of aliphatic carboxylic acids is 1. The third-order valence-electron chi connectivity index (χ3n) is 7.13. The Balaban J connectivity index is 1.23. The number of oxime groups is 1. The molecular formula is C21H31N11O5S3. The lowest BCUT2D eigenvalue weighted by Gasteiger charge is -2.53. The Hall–Kier alpha value is -2.45. The molecule has 5 rings (SSSR count). The molecule has 3 fully saturated rings. The van der Waals surface area contributed by atoms with Gasteiger partial charge in [0.25, 0.3) is 5.91 Å². The number of amides is 2. The molecule has 1 aliphatic carbocycles. The molecule has 0 bridgehead atoms. The molecule has 2 amide bonds. The van der Waals surface area contributed by atoms with Gasteiger partial charge in [-0.25, -0.2) is 14.4 Å². The van der Waals surface area contributed by atoms with Crippen LogP contribution >= 0.6 is 35.5 Å². The van der Waals surface area contributed by atoms with Gasteiger partial charge in [-0.05, 0) is 61.0 Å². The van der Waals surface area contributed by atoms with Gasteiger partial charge < -0.3 is 25.9 Å². The Labute approximate surface area is 242 Å². The molecule has 2 saturated heterocycles. The zero-order chi connectivity index (χ0) is 28.3. The quantitative estimate of drug-likeness (QED) is 0.0613. The van der Waals surface area contributed by atoms with Gasteiger partial charge in [0.2, 0.25) is 22.6 Å². The van der Waals surface area contributed by atoms with Gasteiger partial charge in [-0.1, -0.05) is 16.9 Å². The molecule has 4 atom stereocenters. The Morgan fingerprint density at radius 2 is 2.17 bits per heavy atom. The summed E-state index contributed by atoms with van der Waals surface area (Å²) in [6, 6.07) is -0.862. The number of nitrogens with zero attached hydrogens (tertiary/aromatic N) is 7. The first-order valence-electron chi connectivity index (χ1n) is 12.8.